The van der Waals surface area contributed by atoms with E-state index < -0.39 is 71.2 Å². The number of carbonyl (C=O) groups excluding carboxylic acids is 2. The van der Waals surface area contributed by atoms with Gasteiger partial charge in [-0.05, 0) is 12.8 Å². The van der Waals surface area contributed by atoms with Crippen LogP contribution in [0.4, 0.5) is 0 Å². The Morgan fingerprint density at radius 1 is 0.492 bits per heavy atom. The van der Waals surface area contributed by atoms with Crippen molar-refractivity contribution in [1.29, 1.82) is 0 Å². The highest BCUT2D eigenvalue weighted by Gasteiger charge is 2.46. The molecule has 13 heteroatoms. The van der Waals surface area contributed by atoms with Crippen molar-refractivity contribution in [2.24, 2.45) is 0 Å². The van der Waals surface area contributed by atoms with Gasteiger partial charge in [-0.15, -0.1) is 0 Å². The second-order valence-electron chi connectivity index (χ2n) is 17.9. The van der Waals surface area contributed by atoms with Crippen LogP contribution in [0.15, 0.2) is 0 Å². The van der Waals surface area contributed by atoms with E-state index in [0.717, 1.165) is 38.5 Å². The summed E-state index contributed by atoms with van der Waals surface area (Å²) in [5.74, 6) is -1.96. The molecule has 1 saturated heterocycles. The zero-order valence-corrected chi connectivity index (χ0v) is 39.6. The summed E-state index contributed by atoms with van der Waals surface area (Å²) in [6.45, 7) is 3.79. The van der Waals surface area contributed by atoms with E-state index >= 15 is 0 Å². The quantitative estimate of drug-likeness (QED) is 0.0258. The maximum Gasteiger partial charge on any atom is 0.306 e. The number of aliphatic hydroxyl groups is 3. The van der Waals surface area contributed by atoms with Gasteiger partial charge >= 0.3 is 11.9 Å². The number of carbonyl (C=O) groups is 2. The molecule has 0 aromatic carbocycles. The third-order valence-electron chi connectivity index (χ3n) is 11.9. The molecular weight excluding hydrogens is 801 g/mol. The van der Waals surface area contributed by atoms with Crippen molar-refractivity contribution < 1.29 is 56.8 Å². The van der Waals surface area contributed by atoms with E-state index in [0.29, 0.717) is 12.8 Å². The monoisotopic (exact) mass is 893 g/mol. The molecule has 1 aliphatic heterocycles. The Kier molecular flexibility index (Phi) is 36.9. The lowest BCUT2D eigenvalue weighted by molar-refractivity contribution is -0.297. The lowest BCUT2D eigenvalue weighted by atomic mass is 10.00. The Morgan fingerprint density at radius 3 is 1.20 bits per heavy atom. The highest BCUT2D eigenvalue weighted by atomic mass is 32.2. The zero-order chi connectivity index (χ0) is 44.8. The van der Waals surface area contributed by atoms with Crippen LogP contribution in [0.5, 0.6) is 0 Å². The van der Waals surface area contributed by atoms with Gasteiger partial charge < -0.3 is 34.3 Å². The molecule has 1 heterocycles. The van der Waals surface area contributed by atoms with Gasteiger partial charge in [-0.25, -0.2) is 0 Å². The molecule has 1 aliphatic rings. The number of unbranched alkanes of at least 4 members (excludes halogenated alkanes) is 31. The van der Waals surface area contributed by atoms with Crippen LogP contribution in [0.2, 0.25) is 0 Å². The lowest BCUT2D eigenvalue weighted by Gasteiger charge is -2.40. The predicted molar refractivity (Wildman–Crippen MR) is 243 cm³/mol. The summed E-state index contributed by atoms with van der Waals surface area (Å²) in [5, 5.41) is 30.9. The minimum Gasteiger partial charge on any atom is -0.462 e. The largest absolute Gasteiger partial charge is 0.462 e. The molecule has 362 valence electrons. The molecule has 12 nitrogen and oxygen atoms in total. The first-order valence-corrected chi connectivity index (χ1v) is 26.7. The Bertz CT molecular complexity index is 1140. The summed E-state index contributed by atoms with van der Waals surface area (Å²) >= 11 is 0. The molecule has 61 heavy (non-hydrogen) atoms. The van der Waals surface area contributed by atoms with Crippen molar-refractivity contribution >= 4 is 22.1 Å². The summed E-state index contributed by atoms with van der Waals surface area (Å²) in [5.41, 5.74) is 0. The first kappa shape index (κ1) is 57.7. The fraction of sp³-hybridized carbons (Fsp3) is 0.958. The fourth-order valence-electron chi connectivity index (χ4n) is 8.03. The molecule has 1 fully saturated rings. The summed E-state index contributed by atoms with van der Waals surface area (Å²) in [7, 11) is -4.60. The Labute approximate surface area is 372 Å². The summed E-state index contributed by atoms with van der Waals surface area (Å²) < 4.78 is 54.1. The second kappa shape index (κ2) is 39.1. The molecule has 0 aliphatic carbocycles. The van der Waals surface area contributed by atoms with Crippen LogP contribution in [-0.2, 0) is 38.7 Å². The maximum absolute atomic E-state index is 12.8. The number of ether oxygens (including phenoxy) is 4. The van der Waals surface area contributed by atoms with Gasteiger partial charge in [-0.1, -0.05) is 213 Å². The van der Waals surface area contributed by atoms with Gasteiger partial charge in [0.1, 0.15) is 36.8 Å². The van der Waals surface area contributed by atoms with Crippen molar-refractivity contribution in [2.75, 3.05) is 19.0 Å². The van der Waals surface area contributed by atoms with Crippen LogP contribution in [-0.4, -0.2) is 96.0 Å². The van der Waals surface area contributed by atoms with E-state index in [9.17, 15) is 37.9 Å². The van der Waals surface area contributed by atoms with Gasteiger partial charge in [-0.3, -0.25) is 14.1 Å². The average molecular weight is 893 g/mol. The van der Waals surface area contributed by atoms with Crippen molar-refractivity contribution in [3.8, 4) is 0 Å². The van der Waals surface area contributed by atoms with E-state index in [1.54, 1.807) is 0 Å². The van der Waals surface area contributed by atoms with E-state index in [1.165, 1.54) is 161 Å². The molecule has 0 amide bonds. The molecular formula is C48H92O12S. The molecule has 0 spiro atoms. The number of rotatable bonds is 43. The second-order valence-corrected chi connectivity index (χ2v) is 19.3. The van der Waals surface area contributed by atoms with E-state index in [2.05, 4.69) is 13.8 Å². The Balaban J connectivity index is 2.32. The lowest BCUT2D eigenvalue weighted by Crippen LogP contribution is -2.60. The van der Waals surface area contributed by atoms with Crippen molar-refractivity contribution in [3.63, 3.8) is 0 Å². The van der Waals surface area contributed by atoms with Crippen LogP contribution in [0.3, 0.4) is 0 Å². The van der Waals surface area contributed by atoms with Gasteiger partial charge in [0.2, 0.25) is 0 Å². The summed E-state index contributed by atoms with van der Waals surface area (Å²) in [6, 6.07) is 0. The van der Waals surface area contributed by atoms with Crippen LogP contribution in [0.1, 0.15) is 239 Å². The highest BCUT2D eigenvalue weighted by molar-refractivity contribution is 7.85. The molecule has 6 atom stereocenters. The normalized spacial score (nSPS) is 19.9. The molecule has 0 aromatic heterocycles. The summed E-state index contributed by atoms with van der Waals surface area (Å²) in [4.78, 5) is 25.4. The molecule has 0 saturated carbocycles. The highest BCUT2D eigenvalue weighted by Crippen LogP contribution is 2.24. The molecule has 6 unspecified atom stereocenters. The molecule has 0 radical (unpaired) electrons. The number of hydrogen-bond donors (Lipinski definition) is 4. The van der Waals surface area contributed by atoms with Gasteiger partial charge in [0.05, 0.1) is 6.61 Å². The summed E-state index contributed by atoms with van der Waals surface area (Å²) in [6.07, 6.45) is 31.6. The smallest absolute Gasteiger partial charge is 0.306 e. The Morgan fingerprint density at radius 2 is 0.836 bits per heavy atom. The van der Waals surface area contributed by atoms with Crippen LogP contribution in [0, 0.1) is 0 Å². The van der Waals surface area contributed by atoms with Crippen molar-refractivity contribution in [2.45, 2.75) is 275 Å². The third-order valence-corrected chi connectivity index (χ3v) is 12.7. The van der Waals surface area contributed by atoms with Gasteiger partial charge in [0.15, 0.2) is 12.4 Å². The maximum atomic E-state index is 12.8. The van der Waals surface area contributed by atoms with Gasteiger partial charge in [0.25, 0.3) is 10.1 Å². The minimum absolute atomic E-state index is 0.173. The van der Waals surface area contributed by atoms with Crippen LogP contribution < -0.4 is 0 Å². The van der Waals surface area contributed by atoms with E-state index in [-0.39, 0.29) is 19.4 Å². The van der Waals surface area contributed by atoms with Crippen LogP contribution >= 0.6 is 0 Å². The number of hydrogen-bond acceptors (Lipinski definition) is 11. The number of aliphatic hydroxyl groups excluding tert-OH is 3. The van der Waals surface area contributed by atoms with E-state index in [1.807, 2.05) is 0 Å². The Hall–Kier alpha value is -1.35. The zero-order valence-electron chi connectivity index (χ0n) is 38.8. The van der Waals surface area contributed by atoms with E-state index in [4.69, 9.17) is 18.9 Å². The third kappa shape index (κ3) is 33.8. The van der Waals surface area contributed by atoms with Gasteiger partial charge in [0, 0.05) is 12.8 Å². The molecule has 4 N–H and O–H groups in total. The van der Waals surface area contributed by atoms with Crippen molar-refractivity contribution in [1.82, 2.24) is 0 Å². The van der Waals surface area contributed by atoms with Crippen LogP contribution in [0.25, 0.3) is 0 Å². The predicted octanol–water partition coefficient (Wildman–Crippen LogP) is 10.8. The minimum atomic E-state index is -4.60. The number of esters is 2. The van der Waals surface area contributed by atoms with Gasteiger partial charge in [-0.2, -0.15) is 8.42 Å². The molecule has 0 aromatic rings. The SMILES string of the molecule is CCCCCCCCCCCCCCCCCCCCCCCCC(=O)OC(COC(=O)CCCCCCCCCCCCC)COC1OC(CS(=O)(=O)O)C(O)C(O)C1O. The molecule has 1 rings (SSSR count). The fourth-order valence-corrected chi connectivity index (χ4v) is 8.72. The standard InChI is InChI=1S/C48H92O12S/c1-3-5-7-9-11-13-15-16-17-18-19-20-21-22-23-24-25-27-29-31-33-35-37-44(50)59-41(38-57-43(49)36-34-32-30-28-26-14-12-10-8-6-4-2)39-58-48-47(53)46(52)45(51)42(60-48)40-61(54,55)56/h41-42,45-48,51-53H,3-40H2,1-2H3,(H,54,55,56). The average Bonchev–Trinajstić information content (AvgIpc) is 3.22. The topological polar surface area (TPSA) is 186 Å². The van der Waals surface area contributed by atoms with Crippen molar-refractivity contribution in [3.05, 3.63) is 0 Å². The first-order valence-electron chi connectivity index (χ1n) is 25.1. The first-order chi connectivity index (χ1) is 29.5. The molecule has 0 bridgehead atoms.